The Morgan fingerprint density at radius 3 is 1.89 bits per heavy atom. The van der Waals surface area contributed by atoms with Crippen molar-refractivity contribution >= 4 is 33.0 Å². The molecule has 2 aromatic rings. The number of aliphatic hydroxyl groups is 1. The van der Waals surface area contributed by atoms with Crippen molar-refractivity contribution in [3.8, 4) is 0 Å². The van der Waals surface area contributed by atoms with Crippen LogP contribution in [0, 0.1) is 34.0 Å². The first-order chi connectivity index (χ1) is 25.3. The zero-order chi connectivity index (χ0) is 41.0. The molecule has 3 aliphatic carbocycles. The van der Waals surface area contributed by atoms with Crippen molar-refractivity contribution in [1.29, 1.82) is 0 Å². The summed E-state index contributed by atoms with van der Waals surface area (Å²) in [6.45, 7) is 31.2. The van der Waals surface area contributed by atoms with Crippen molar-refractivity contribution in [2.45, 2.75) is 143 Å². The van der Waals surface area contributed by atoms with Gasteiger partial charge in [-0.25, -0.2) is 0 Å². The van der Waals surface area contributed by atoms with Gasteiger partial charge in [-0.2, -0.15) is 0 Å². The lowest BCUT2D eigenvalue weighted by Crippen LogP contribution is -2.71. The van der Waals surface area contributed by atoms with Gasteiger partial charge in [-0.1, -0.05) is 123 Å². The van der Waals surface area contributed by atoms with Gasteiger partial charge in [0.25, 0.3) is 8.32 Å². The van der Waals surface area contributed by atoms with Crippen molar-refractivity contribution in [2.24, 2.45) is 34.0 Å². The lowest BCUT2D eigenvalue weighted by atomic mass is 9.43. The van der Waals surface area contributed by atoms with E-state index in [1.165, 1.54) is 10.4 Å². The highest BCUT2D eigenvalue weighted by Crippen LogP contribution is 2.71. The van der Waals surface area contributed by atoms with E-state index in [-0.39, 0.29) is 46.7 Å². The normalized spacial score (nSPS) is 29.9. The van der Waals surface area contributed by atoms with Crippen LogP contribution in [0.3, 0.4) is 0 Å². The van der Waals surface area contributed by atoms with E-state index in [0.717, 1.165) is 12.2 Å². The molecular weight excluding hydrogens is 721 g/mol. The van der Waals surface area contributed by atoms with Crippen LogP contribution in [0.1, 0.15) is 102 Å². The summed E-state index contributed by atoms with van der Waals surface area (Å²) in [6, 6.07) is 21.5. The molecule has 306 valence electrons. The number of hydrogen-bond acceptors (Lipinski definition) is 7. The minimum atomic E-state index is -2.99. The molecule has 0 heterocycles. The first kappa shape index (κ1) is 43.8. The Morgan fingerprint density at radius 1 is 0.873 bits per heavy atom. The topological polar surface area (TPSA) is 83.5 Å². The van der Waals surface area contributed by atoms with E-state index < -0.39 is 44.6 Å². The average Bonchev–Trinajstić information content (AvgIpc) is 3.36. The van der Waals surface area contributed by atoms with Gasteiger partial charge >= 0.3 is 5.97 Å². The van der Waals surface area contributed by atoms with Gasteiger partial charge in [0.2, 0.25) is 8.32 Å². The van der Waals surface area contributed by atoms with Crippen LogP contribution < -0.4 is 10.4 Å². The Morgan fingerprint density at radius 2 is 1.42 bits per heavy atom. The van der Waals surface area contributed by atoms with Crippen molar-refractivity contribution in [3.05, 3.63) is 72.5 Å². The Bertz CT molecular complexity index is 1630. The second-order valence-electron chi connectivity index (χ2n) is 21.0. The number of carbonyl (C=O) groups excluding carboxylic acids is 1. The minimum absolute atomic E-state index is 0.0548. The Balaban J connectivity index is 1.76. The molecule has 0 unspecified atom stereocenters. The maximum absolute atomic E-state index is 13.8. The largest absolute Gasteiger partial charge is 0.546 e. The van der Waals surface area contributed by atoms with Gasteiger partial charge in [-0.3, -0.25) is 4.79 Å². The molecule has 0 amide bonds. The molecule has 7 nitrogen and oxygen atoms in total. The molecule has 55 heavy (non-hydrogen) atoms. The second kappa shape index (κ2) is 15.2. The van der Waals surface area contributed by atoms with Crippen LogP contribution in [-0.4, -0.2) is 66.0 Å². The molecular formula is C46H72O7Si2. The van der Waals surface area contributed by atoms with E-state index in [1.54, 1.807) is 7.11 Å². The number of rotatable bonds is 11. The highest BCUT2D eigenvalue weighted by Gasteiger charge is 2.74. The molecule has 0 aliphatic heterocycles. The molecule has 0 bridgehead atoms. The summed E-state index contributed by atoms with van der Waals surface area (Å²) < 4.78 is 33.6. The van der Waals surface area contributed by atoms with Crippen LogP contribution in [0.15, 0.2) is 72.5 Å². The summed E-state index contributed by atoms with van der Waals surface area (Å²) in [7, 11) is -3.71. The number of ether oxygens (including phenoxy) is 3. The highest BCUT2D eigenvalue weighted by atomic mass is 28.4. The lowest BCUT2D eigenvalue weighted by Gasteiger charge is -2.65. The van der Waals surface area contributed by atoms with Crippen LogP contribution in [0.5, 0.6) is 0 Å². The summed E-state index contributed by atoms with van der Waals surface area (Å²) in [4.78, 5) is 13.8. The summed E-state index contributed by atoms with van der Waals surface area (Å²) in [5.41, 5.74) is -3.23. The second-order valence-corrected chi connectivity index (χ2v) is 30.0. The van der Waals surface area contributed by atoms with Crippen LogP contribution in [0.25, 0.3) is 0 Å². The molecule has 0 saturated heterocycles. The van der Waals surface area contributed by atoms with E-state index in [9.17, 15) is 9.90 Å². The fourth-order valence-corrected chi connectivity index (χ4v) is 15.9. The first-order valence-corrected chi connectivity index (χ1v) is 25.3. The van der Waals surface area contributed by atoms with E-state index >= 15 is 0 Å². The smallest absolute Gasteiger partial charge is 0.311 e. The summed E-state index contributed by atoms with van der Waals surface area (Å²) >= 11 is 0. The standard InChI is InChI=1S/C46H72O7Si2/c1-32-35(30-51-55(43(8,9)10,33-22-18-16-19-23-33)34-24-20-17-21-25-34)45-27-26-38(50-31-49-13)46(45,48)29-39(53-54(14,15)42(5,6)7)44(11,12)37(45)28-36(32)52-40(47)41(2,3)4/h16-25,29,32,35-38,48H,26-28,30-31H2,1-15H3/t32-,35-,36-,37-,38+,45-,46-/m0/s1. The number of carbonyl (C=O) groups is 1. The van der Waals surface area contributed by atoms with Gasteiger partial charge < -0.3 is 28.2 Å². The first-order valence-electron chi connectivity index (χ1n) is 20.5. The highest BCUT2D eigenvalue weighted by molar-refractivity contribution is 6.99. The SMILES string of the molecule is COCO[C@@H]1CC[C@]23[C@@H](CO[Si](c4ccccc4)(c4ccccc4)C(C)(C)C)[C@H](C)[C@@H](OC(=O)C(C)(C)C)C[C@H]2C(C)(C)C(O[Si](C)(C)C(C)(C)C)=C[C@]13O. The molecule has 0 aromatic heterocycles. The molecule has 3 aliphatic rings. The van der Waals surface area contributed by atoms with Crippen LogP contribution in [-0.2, 0) is 27.9 Å². The van der Waals surface area contributed by atoms with Gasteiger partial charge in [0.15, 0.2) is 0 Å². The van der Waals surface area contributed by atoms with Crippen LogP contribution in [0.2, 0.25) is 23.2 Å². The zero-order valence-electron chi connectivity index (χ0n) is 36.7. The van der Waals surface area contributed by atoms with Gasteiger partial charge in [0, 0.05) is 24.5 Å². The number of methoxy groups -OCH3 is 1. The Hall–Kier alpha value is -2.28. The summed E-state index contributed by atoms with van der Waals surface area (Å²) in [6.07, 6.45) is 3.15. The van der Waals surface area contributed by atoms with E-state index in [4.69, 9.17) is 23.1 Å². The molecule has 2 aromatic carbocycles. The number of benzene rings is 2. The summed E-state index contributed by atoms with van der Waals surface area (Å²) in [5, 5.41) is 15.8. The Labute approximate surface area is 335 Å². The van der Waals surface area contributed by atoms with Crippen molar-refractivity contribution in [1.82, 2.24) is 0 Å². The third kappa shape index (κ3) is 7.48. The number of esters is 1. The molecule has 1 N–H and O–H groups in total. The fourth-order valence-electron chi connectivity index (χ4n) is 10.1. The van der Waals surface area contributed by atoms with Crippen LogP contribution in [0.4, 0.5) is 0 Å². The van der Waals surface area contributed by atoms with Gasteiger partial charge in [0.05, 0.1) is 17.3 Å². The van der Waals surface area contributed by atoms with Crippen molar-refractivity contribution < 1.29 is 33.0 Å². The molecule has 2 fully saturated rings. The zero-order valence-corrected chi connectivity index (χ0v) is 38.7. The number of hydrogen-bond donors (Lipinski definition) is 1. The predicted molar refractivity (Wildman–Crippen MR) is 227 cm³/mol. The van der Waals surface area contributed by atoms with Crippen LogP contribution >= 0.6 is 0 Å². The van der Waals surface area contributed by atoms with Crippen molar-refractivity contribution in [3.63, 3.8) is 0 Å². The summed E-state index contributed by atoms with van der Waals surface area (Å²) in [5.74, 6) is 0.166. The Kier molecular flexibility index (Phi) is 12.1. The van der Waals surface area contributed by atoms with E-state index in [0.29, 0.717) is 19.4 Å². The maximum atomic E-state index is 13.8. The third-order valence-corrected chi connectivity index (χ3v) is 23.6. The average molecular weight is 793 g/mol. The third-order valence-electron chi connectivity index (χ3n) is 14.2. The monoisotopic (exact) mass is 792 g/mol. The molecule has 7 atom stereocenters. The predicted octanol–water partition coefficient (Wildman–Crippen LogP) is 9.24. The quantitative estimate of drug-likeness (QED) is 0.138. The fraction of sp³-hybridized carbons (Fsp3) is 0.674. The van der Waals surface area contributed by atoms with Gasteiger partial charge in [0.1, 0.15) is 18.5 Å². The maximum Gasteiger partial charge on any atom is 0.311 e. The molecule has 5 rings (SSSR count). The molecule has 9 heteroatoms. The molecule has 1 spiro atoms. The number of allylic oxidation sites excluding steroid dienone is 1. The minimum Gasteiger partial charge on any atom is -0.546 e. The van der Waals surface area contributed by atoms with Crippen molar-refractivity contribution in [2.75, 3.05) is 20.5 Å². The van der Waals surface area contributed by atoms with E-state index in [1.807, 2.05) is 20.8 Å². The van der Waals surface area contributed by atoms with E-state index in [2.05, 4.69) is 142 Å². The van der Waals surface area contributed by atoms with Gasteiger partial charge in [-0.05, 0) is 97.4 Å². The molecule has 2 saturated carbocycles. The molecule has 0 radical (unpaired) electrons. The lowest BCUT2D eigenvalue weighted by molar-refractivity contribution is -0.240. The van der Waals surface area contributed by atoms with Gasteiger partial charge in [-0.15, -0.1) is 0 Å².